The van der Waals surface area contributed by atoms with Gasteiger partial charge in [0.1, 0.15) is 0 Å². The highest BCUT2D eigenvalue weighted by Gasteiger charge is 2.32. The molecule has 0 bridgehead atoms. The summed E-state index contributed by atoms with van der Waals surface area (Å²) in [6, 6.07) is 8.17. The van der Waals surface area contributed by atoms with Crippen LogP contribution in [0, 0.1) is 11.3 Å². The molecule has 1 aromatic carbocycles. The number of benzene rings is 1. The summed E-state index contributed by atoms with van der Waals surface area (Å²) in [6.45, 7) is 7.96. The number of anilines is 1. The highest BCUT2D eigenvalue weighted by molar-refractivity contribution is 5.39. The average Bonchev–Trinajstić information content (AvgIpc) is 2.34. The summed E-state index contributed by atoms with van der Waals surface area (Å²) in [5.74, 6) is 0.792. The number of rotatable bonds is 5. The zero-order valence-electron chi connectivity index (χ0n) is 13.2. The third-order valence-corrected chi connectivity index (χ3v) is 4.29. The van der Waals surface area contributed by atoms with Crippen LogP contribution in [0.15, 0.2) is 24.3 Å². The fourth-order valence-electron chi connectivity index (χ4n) is 3.60. The van der Waals surface area contributed by atoms with E-state index in [-0.39, 0.29) is 0 Å². The SMILES string of the molecule is CC1CC(OCCCc2ccc(N)cc2)CC(C)(C)C1. The van der Waals surface area contributed by atoms with E-state index >= 15 is 0 Å². The van der Waals surface area contributed by atoms with Gasteiger partial charge in [0.05, 0.1) is 6.10 Å². The van der Waals surface area contributed by atoms with Gasteiger partial charge >= 0.3 is 0 Å². The third kappa shape index (κ3) is 4.82. The minimum atomic E-state index is 0.444. The number of nitrogen functional groups attached to an aromatic ring is 1. The van der Waals surface area contributed by atoms with Crippen LogP contribution in [0.3, 0.4) is 0 Å². The first-order chi connectivity index (χ1) is 9.44. The summed E-state index contributed by atoms with van der Waals surface area (Å²) in [4.78, 5) is 0. The average molecular weight is 275 g/mol. The van der Waals surface area contributed by atoms with E-state index < -0.39 is 0 Å². The lowest BCUT2D eigenvalue weighted by molar-refractivity contribution is -0.0234. The molecule has 2 unspecified atom stereocenters. The summed E-state index contributed by atoms with van der Waals surface area (Å²) in [5, 5.41) is 0. The zero-order chi connectivity index (χ0) is 14.6. The second-order valence-electron chi connectivity index (χ2n) is 7.25. The molecule has 2 atom stereocenters. The first-order valence-corrected chi connectivity index (χ1v) is 7.91. The van der Waals surface area contributed by atoms with Gasteiger partial charge in [-0.2, -0.15) is 0 Å². The zero-order valence-corrected chi connectivity index (χ0v) is 13.2. The Morgan fingerprint density at radius 2 is 1.90 bits per heavy atom. The Kier molecular flexibility index (Phi) is 5.09. The first kappa shape index (κ1) is 15.4. The van der Waals surface area contributed by atoms with Crippen LogP contribution in [0.4, 0.5) is 5.69 Å². The van der Waals surface area contributed by atoms with Crippen molar-refractivity contribution in [3.8, 4) is 0 Å². The molecule has 0 spiro atoms. The predicted octanol–water partition coefficient (Wildman–Crippen LogP) is 4.43. The van der Waals surface area contributed by atoms with Gasteiger partial charge < -0.3 is 10.5 Å². The van der Waals surface area contributed by atoms with Crippen LogP contribution in [-0.4, -0.2) is 12.7 Å². The molecule has 1 aliphatic rings. The molecule has 2 nitrogen and oxygen atoms in total. The fourth-order valence-corrected chi connectivity index (χ4v) is 3.60. The molecule has 2 rings (SSSR count). The van der Waals surface area contributed by atoms with Gasteiger partial charge in [-0.15, -0.1) is 0 Å². The van der Waals surface area contributed by atoms with Gasteiger partial charge in [-0.1, -0.05) is 32.9 Å². The van der Waals surface area contributed by atoms with Crippen molar-refractivity contribution in [2.45, 2.75) is 59.0 Å². The Hall–Kier alpha value is -1.02. The molecule has 0 saturated heterocycles. The van der Waals surface area contributed by atoms with Gasteiger partial charge in [-0.25, -0.2) is 0 Å². The topological polar surface area (TPSA) is 35.2 Å². The molecule has 0 amide bonds. The van der Waals surface area contributed by atoms with E-state index in [0.717, 1.165) is 31.1 Å². The summed E-state index contributed by atoms with van der Waals surface area (Å²) >= 11 is 0. The summed E-state index contributed by atoms with van der Waals surface area (Å²) in [5.41, 5.74) is 8.32. The van der Waals surface area contributed by atoms with Crippen molar-refractivity contribution in [3.05, 3.63) is 29.8 Å². The van der Waals surface area contributed by atoms with Crippen molar-refractivity contribution in [1.29, 1.82) is 0 Å². The molecule has 1 aromatic rings. The highest BCUT2D eigenvalue weighted by atomic mass is 16.5. The molecule has 20 heavy (non-hydrogen) atoms. The lowest BCUT2D eigenvalue weighted by Crippen LogP contribution is -2.32. The largest absolute Gasteiger partial charge is 0.399 e. The van der Waals surface area contributed by atoms with Crippen LogP contribution in [0.2, 0.25) is 0 Å². The van der Waals surface area contributed by atoms with Crippen LogP contribution in [0.5, 0.6) is 0 Å². The predicted molar refractivity (Wildman–Crippen MR) is 85.7 cm³/mol. The Balaban J connectivity index is 1.69. The number of hydrogen-bond acceptors (Lipinski definition) is 2. The molecule has 2 heteroatoms. The van der Waals surface area contributed by atoms with Crippen LogP contribution >= 0.6 is 0 Å². The highest BCUT2D eigenvalue weighted by Crippen LogP contribution is 2.39. The van der Waals surface area contributed by atoms with Crippen molar-refractivity contribution in [3.63, 3.8) is 0 Å². The second-order valence-corrected chi connectivity index (χ2v) is 7.25. The van der Waals surface area contributed by atoms with E-state index in [0.29, 0.717) is 11.5 Å². The molecular weight excluding hydrogens is 246 g/mol. The van der Waals surface area contributed by atoms with Crippen LogP contribution in [0.1, 0.15) is 52.0 Å². The van der Waals surface area contributed by atoms with Crippen molar-refractivity contribution >= 4 is 5.69 Å². The first-order valence-electron chi connectivity index (χ1n) is 7.91. The van der Waals surface area contributed by atoms with E-state index in [9.17, 15) is 0 Å². The van der Waals surface area contributed by atoms with Gasteiger partial charge in [0.25, 0.3) is 0 Å². The molecule has 2 N–H and O–H groups in total. The Labute approximate surface area is 123 Å². The number of hydrogen-bond donors (Lipinski definition) is 1. The fraction of sp³-hybridized carbons (Fsp3) is 0.667. The number of aryl methyl sites for hydroxylation is 1. The summed E-state index contributed by atoms with van der Waals surface area (Å²) in [6.07, 6.45) is 6.39. The Morgan fingerprint density at radius 1 is 1.20 bits per heavy atom. The van der Waals surface area contributed by atoms with Gasteiger partial charge in [0.2, 0.25) is 0 Å². The summed E-state index contributed by atoms with van der Waals surface area (Å²) in [7, 11) is 0. The molecule has 0 aromatic heterocycles. The van der Waals surface area contributed by atoms with Crippen LogP contribution < -0.4 is 5.73 Å². The molecule has 1 fully saturated rings. The van der Waals surface area contributed by atoms with Crippen molar-refractivity contribution in [2.24, 2.45) is 11.3 Å². The van der Waals surface area contributed by atoms with Crippen molar-refractivity contribution in [2.75, 3.05) is 12.3 Å². The minimum Gasteiger partial charge on any atom is -0.399 e. The van der Waals surface area contributed by atoms with E-state index in [2.05, 4.69) is 32.9 Å². The third-order valence-electron chi connectivity index (χ3n) is 4.29. The molecule has 0 heterocycles. The standard InChI is InChI=1S/C18H29NO/c1-14-11-17(13-18(2,3)12-14)20-10-4-5-15-6-8-16(19)9-7-15/h6-9,14,17H,4-5,10-13,19H2,1-3H3. The number of ether oxygens (including phenoxy) is 1. The maximum Gasteiger partial charge on any atom is 0.0582 e. The smallest absolute Gasteiger partial charge is 0.0582 e. The van der Waals surface area contributed by atoms with Crippen LogP contribution in [0.25, 0.3) is 0 Å². The number of nitrogens with two attached hydrogens (primary N) is 1. The monoisotopic (exact) mass is 275 g/mol. The maximum atomic E-state index is 6.11. The van der Waals surface area contributed by atoms with Gasteiger partial charge in [0, 0.05) is 12.3 Å². The van der Waals surface area contributed by atoms with Crippen molar-refractivity contribution in [1.82, 2.24) is 0 Å². The van der Waals surface area contributed by atoms with E-state index in [1.54, 1.807) is 0 Å². The Morgan fingerprint density at radius 3 is 2.55 bits per heavy atom. The molecular formula is C18H29NO. The molecule has 0 radical (unpaired) electrons. The van der Waals surface area contributed by atoms with E-state index in [1.807, 2.05) is 12.1 Å². The molecule has 0 aliphatic heterocycles. The van der Waals surface area contributed by atoms with E-state index in [1.165, 1.54) is 24.8 Å². The molecule has 112 valence electrons. The minimum absolute atomic E-state index is 0.444. The quantitative estimate of drug-likeness (QED) is 0.637. The van der Waals surface area contributed by atoms with Gasteiger partial charge in [-0.3, -0.25) is 0 Å². The molecule has 1 saturated carbocycles. The normalized spacial score (nSPS) is 25.6. The lowest BCUT2D eigenvalue weighted by Gasteiger charge is -2.38. The maximum absolute atomic E-state index is 6.11. The van der Waals surface area contributed by atoms with E-state index in [4.69, 9.17) is 10.5 Å². The van der Waals surface area contributed by atoms with Crippen LogP contribution in [-0.2, 0) is 11.2 Å². The second kappa shape index (κ2) is 6.62. The van der Waals surface area contributed by atoms with Gasteiger partial charge in [-0.05, 0) is 61.1 Å². The summed E-state index contributed by atoms with van der Waals surface area (Å²) < 4.78 is 6.11. The molecule has 1 aliphatic carbocycles. The lowest BCUT2D eigenvalue weighted by atomic mass is 9.71. The van der Waals surface area contributed by atoms with Gasteiger partial charge in [0.15, 0.2) is 0 Å². The van der Waals surface area contributed by atoms with Crippen molar-refractivity contribution < 1.29 is 4.74 Å². The Bertz CT molecular complexity index is 410.